The zero-order valence-electron chi connectivity index (χ0n) is 11.8. The van der Waals surface area contributed by atoms with Crippen molar-refractivity contribution in [1.29, 1.82) is 0 Å². The number of carbonyl (C=O) groups is 1. The number of fused-ring (bicyclic) bond motifs is 1. The van der Waals surface area contributed by atoms with Crippen LogP contribution in [0.5, 0.6) is 5.75 Å². The molecular formula is C17H21NO2. The van der Waals surface area contributed by atoms with Crippen molar-refractivity contribution in [2.24, 2.45) is 17.8 Å². The second kappa shape index (κ2) is 5.70. The monoisotopic (exact) mass is 271 g/mol. The van der Waals surface area contributed by atoms with E-state index in [9.17, 15) is 4.79 Å². The lowest BCUT2D eigenvalue weighted by atomic mass is 10.1. The summed E-state index contributed by atoms with van der Waals surface area (Å²) >= 11 is 0. The molecule has 0 radical (unpaired) electrons. The van der Waals surface area contributed by atoms with Gasteiger partial charge in [-0.05, 0) is 43.2 Å². The number of ether oxygens (including phenoxy) is 1. The number of allylic oxidation sites excluding steroid dienone is 2. The zero-order valence-corrected chi connectivity index (χ0v) is 11.8. The number of methoxy groups -OCH3 is 1. The Hall–Kier alpha value is -1.77. The first-order valence-electron chi connectivity index (χ1n) is 7.41. The van der Waals surface area contributed by atoms with Crippen LogP contribution in [0.4, 0.5) is 5.69 Å². The SMILES string of the molecule is COc1cccc(NC(=O)[C@@H]2[C@@H]3C=CCCCC[C@@H]32)c1. The number of amides is 1. The van der Waals surface area contributed by atoms with Crippen LogP contribution in [-0.2, 0) is 4.79 Å². The number of benzene rings is 1. The average Bonchev–Trinajstić information content (AvgIpc) is 3.10. The van der Waals surface area contributed by atoms with E-state index in [1.807, 2.05) is 24.3 Å². The van der Waals surface area contributed by atoms with Crippen LogP contribution in [0.3, 0.4) is 0 Å². The predicted octanol–water partition coefficient (Wildman–Crippen LogP) is 3.63. The maximum absolute atomic E-state index is 12.4. The third-order valence-electron chi connectivity index (χ3n) is 4.39. The quantitative estimate of drug-likeness (QED) is 0.853. The fourth-order valence-corrected chi connectivity index (χ4v) is 3.23. The van der Waals surface area contributed by atoms with Gasteiger partial charge < -0.3 is 10.1 Å². The van der Waals surface area contributed by atoms with Gasteiger partial charge >= 0.3 is 0 Å². The molecule has 1 aromatic rings. The summed E-state index contributed by atoms with van der Waals surface area (Å²) in [6, 6.07) is 7.53. The summed E-state index contributed by atoms with van der Waals surface area (Å²) in [7, 11) is 1.63. The summed E-state index contributed by atoms with van der Waals surface area (Å²) in [5, 5.41) is 3.02. The van der Waals surface area contributed by atoms with E-state index in [-0.39, 0.29) is 11.8 Å². The molecule has 3 nitrogen and oxygen atoms in total. The van der Waals surface area contributed by atoms with E-state index < -0.39 is 0 Å². The molecule has 3 rings (SSSR count). The summed E-state index contributed by atoms with van der Waals surface area (Å²) in [5.74, 6) is 2.10. The van der Waals surface area contributed by atoms with Gasteiger partial charge in [0.15, 0.2) is 0 Å². The Bertz CT molecular complexity index is 523. The van der Waals surface area contributed by atoms with E-state index in [2.05, 4.69) is 17.5 Å². The minimum absolute atomic E-state index is 0.153. The lowest BCUT2D eigenvalue weighted by molar-refractivity contribution is -0.117. The van der Waals surface area contributed by atoms with Crippen LogP contribution in [0.2, 0.25) is 0 Å². The lowest BCUT2D eigenvalue weighted by Gasteiger charge is -2.06. The fourth-order valence-electron chi connectivity index (χ4n) is 3.23. The van der Waals surface area contributed by atoms with Gasteiger partial charge in [0.05, 0.1) is 7.11 Å². The first-order chi connectivity index (χ1) is 9.79. The van der Waals surface area contributed by atoms with E-state index in [1.54, 1.807) is 7.11 Å². The molecular weight excluding hydrogens is 250 g/mol. The molecule has 1 aromatic carbocycles. The van der Waals surface area contributed by atoms with Gasteiger partial charge in [0, 0.05) is 17.7 Å². The summed E-state index contributed by atoms with van der Waals surface area (Å²) in [5.41, 5.74) is 0.817. The molecule has 106 valence electrons. The average molecular weight is 271 g/mol. The van der Waals surface area contributed by atoms with Crippen molar-refractivity contribution in [2.45, 2.75) is 25.7 Å². The maximum Gasteiger partial charge on any atom is 0.228 e. The minimum Gasteiger partial charge on any atom is -0.497 e. The molecule has 0 heterocycles. The highest BCUT2D eigenvalue weighted by molar-refractivity contribution is 5.95. The van der Waals surface area contributed by atoms with Crippen molar-refractivity contribution in [3.8, 4) is 5.75 Å². The molecule has 2 aliphatic carbocycles. The Morgan fingerprint density at radius 3 is 3.10 bits per heavy atom. The molecule has 1 saturated carbocycles. The Morgan fingerprint density at radius 2 is 2.25 bits per heavy atom. The predicted molar refractivity (Wildman–Crippen MR) is 79.7 cm³/mol. The molecule has 3 atom stereocenters. The maximum atomic E-state index is 12.4. The van der Waals surface area contributed by atoms with Gasteiger partial charge in [-0.1, -0.05) is 24.6 Å². The summed E-state index contributed by atoms with van der Waals surface area (Å²) in [6.45, 7) is 0. The van der Waals surface area contributed by atoms with Crippen LogP contribution in [0.25, 0.3) is 0 Å². The number of rotatable bonds is 3. The van der Waals surface area contributed by atoms with E-state index >= 15 is 0 Å². The van der Waals surface area contributed by atoms with Gasteiger partial charge in [-0.15, -0.1) is 0 Å². The topological polar surface area (TPSA) is 38.3 Å². The normalized spacial score (nSPS) is 27.9. The van der Waals surface area contributed by atoms with Crippen LogP contribution < -0.4 is 10.1 Å². The highest BCUT2D eigenvalue weighted by atomic mass is 16.5. The molecule has 0 aromatic heterocycles. The summed E-state index contributed by atoms with van der Waals surface area (Å²) in [6.07, 6.45) is 9.34. The van der Waals surface area contributed by atoms with E-state index in [1.165, 1.54) is 19.3 Å². The van der Waals surface area contributed by atoms with Gasteiger partial charge in [-0.25, -0.2) is 0 Å². The Kier molecular flexibility index (Phi) is 3.77. The second-order valence-corrected chi connectivity index (χ2v) is 5.70. The molecule has 1 amide bonds. The molecule has 0 aliphatic heterocycles. The zero-order chi connectivity index (χ0) is 13.9. The van der Waals surface area contributed by atoms with Crippen LogP contribution >= 0.6 is 0 Å². The van der Waals surface area contributed by atoms with Crippen LogP contribution in [0, 0.1) is 17.8 Å². The lowest BCUT2D eigenvalue weighted by Crippen LogP contribution is -2.15. The highest BCUT2D eigenvalue weighted by Crippen LogP contribution is 2.51. The highest BCUT2D eigenvalue weighted by Gasteiger charge is 2.52. The Labute approximate surface area is 120 Å². The first kappa shape index (κ1) is 13.2. The smallest absolute Gasteiger partial charge is 0.228 e. The molecule has 1 N–H and O–H groups in total. The van der Waals surface area contributed by atoms with E-state index in [4.69, 9.17) is 4.74 Å². The molecule has 2 aliphatic rings. The number of hydrogen-bond donors (Lipinski definition) is 1. The Morgan fingerprint density at radius 1 is 1.35 bits per heavy atom. The van der Waals surface area contributed by atoms with Crippen molar-refractivity contribution in [2.75, 3.05) is 12.4 Å². The van der Waals surface area contributed by atoms with Gasteiger partial charge in [0.1, 0.15) is 5.75 Å². The van der Waals surface area contributed by atoms with Crippen LogP contribution in [0.1, 0.15) is 25.7 Å². The number of carbonyl (C=O) groups excluding carboxylic acids is 1. The first-order valence-corrected chi connectivity index (χ1v) is 7.41. The fraction of sp³-hybridized carbons (Fsp3) is 0.471. The molecule has 0 saturated heterocycles. The number of anilines is 1. The molecule has 0 bridgehead atoms. The third kappa shape index (κ3) is 2.72. The number of nitrogens with one attached hydrogen (secondary N) is 1. The van der Waals surface area contributed by atoms with Crippen molar-refractivity contribution in [1.82, 2.24) is 0 Å². The van der Waals surface area contributed by atoms with Crippen LogP contribution in [0.15, 0.2) is 36.4 Å². The molecule has 0 spiro atoms. The molecule has 0 unspecified atom stereocenters. The number of hydrogen-bond acceptors (Lipinski definition) is 2. The van der Waals surface area contributed by atoms with Crippen molar-refractivity contribution in [3.63, 3.8) is 0 Å². The summed E-state index contributed by atoms with van der Waals surface area (Å²) < 4.78 is 5.18. The standard InChI is InChI=1S/C17H21NO2/c1-20-13-8-6-7-12(11-13)18-17(19)16-14-9-4-2-3-5-10-15(14)16/h4,6-9,11,14-16H,2-3,5,10H2,1H3,(H,18,19)/t14-,15+,16-/m1/s1. The van der Waals surface area contributed by atoms with E-state index in [0.717, 1.165) is 17.9 Å². The summed E-state index contributed by atoms with van der Waals surface area (Å²) in [4.78, 5) is 12.4. The van der Waals surface area contributed by atoms with Gasteiger partial charge in [0.2, 0.25) is 5.91 Å². The molecule has 20 heavy (non-hydrogen) atoms. The van der Waals surface area contributed by atoms with E-state index in [0.29, 0.717) is 11.8 Å². The largest absolute Gasteiger partial charge is 0.497 e. The van der Waals surface area contributed by atoms with Crippen molar-refractivity contribution < 1.29 is 9.53 Å². The van der Waals surface area contributed by atoms with Crippen LogP contribution in [-0.4, -0.2) is 13.0 Å². The van der Waals surface area contributed by atoms with Gasteiger partial charge in [-0.2, -0.15) is 0 Å². The molecule has 3 heteroatoms. The van der Waals surface area contributed by atoms with Crippen molar-refractivity contribution in [3.05, 3.63) is 36.4 Å². The minimum atomic E-state index is 0.153. The second-order valence-electron chi connectivity index (χ2n) is 5.70. The third-order valence-corrected chi connectivity index (χ3v) is 4.39. The van der Waals surface area contributed by atoms with Crippen molar-refractivity contribution >= 4 is 11.6 Å². The van der Waals surface area contributed by atoms with Gasteiger partial charge in [0.25, 0.3) is 0 Å². The Balaban J connectivity index is 1.65. The van der Waals surface area contributed by atoms with Gasteiger partial charge in [-0.3, -0.25) is 4.79 Å². The molecule has 1 fully saturated rings.